The Balaban J connectivity index is 1.75. The molecule has 0 spiro atoms. The van der Waals surface area contributed by atoms with E-state index in [0.29, 0.717) is 41.8 Å². The van der Waals surface area contributed by atoms with Gasteiger partial charge in [0.25, 0.3) is 5.91 Å². The van der Waals surface area contributed by atoms with Crippen LogP contribution < -0.4 is 24.4 Å². The average Bonchev–Trinajstić information content (AvgIpc) is 2.76. The number of methoxy groups -OCH3 is 1. The SMILES string of the molecule is C=C(C)CN1C(=O)C(C)Oc2ccc(NC(=O)/C=C/c3ccc(OCC)c(OC)c3)cc21. The van der Waals surface area contributed by atoms with Crippen LogP contribution in [0.1, 0.15) is 26.3 Å². The zero-order valence-electron chi connectivity index (χ0n) is 18.8. The van der Waals surface area contributed by atoms with Crippen LogP contribution in [0.15, 0.2) is 54.6 Å². The van der Waals surface area contributed by atoms with Crippen LogP contribution in [0.4, 0.5) is 11.4 Å². The fourth-order valence-corrected chi connectivity index (χ4v) is 3.34. The zero-order valence-corrected chi connectivity index (χ0v) is 18.8. The van der Waals surface area contributed by atoms with Gasteiger partial charge in [0, 0.05) is 18.3 Å². The van der Waals surface area contributed by atoms with Gasteiger partial charge in [0.15, 0.2) is 17.6 Å². The number of nitrogens with zero attached hydrogens (tertiary/aromatic N) is 1. The molecule has 1 aliphatic heterocycles. The first-order valence-corrected chi connectivity index (χ1v) is 10.4. The Morgan fingerprint density at radius 3 is 2.72 bits per heavy atom. The van der Waals surface area contributed by atoms with Crippen molar-refractivity contribution in [2.75, 3.05) is 30.5 Å². The predicted molar refractivity (Wildman–Crippen MR) is 126 cm³/mol. The standard InChI is InChI=1S/C25H28N2O5/c1-6-31-22-10-7-18(13-23(22)30-5)8-12-24(28)26-19-9-11-21-20(14-19)27(15-16(2)3)25(29)17(4)32-21/h7-14,17H,2,6,15H2,1,3-5H3,(H,26,28)/b12-8+. The Morgan fingerprint density at radius 1 is 1.25 bits per heavy atom. The lowest BCUT2D eigenvalue weighted by atomic mass is 10.1. The Morgan fingerprint density at radius 2 is 2.03 bits per heavy atom. The smallest absolute Gasteiger partial charge is 0.268 e. The normalized spacial score (nSPS) is 15.2. The summed E-state index contributed by atoms with van der Waals surface area (Å²) in [5, 5.41) is 2.82. The summed E-state index contributed by atoms with van der Waals surface area (Å²) in [5.74, 6) is 1.39. The van der Waals surface area contributed by atoms with Gasteiger partial charge in [0.05, 0.1) is 19.4 Å². The molecule has 2 aromatic carbocycles. The van der Waals surface area contributed by atoms with Gasteiger partial charge in [-0.25, -0.2) is 0 Å². The second kappa shape index (κ2) is 10.0. The van der Waals surface area contributed by atoms with Crippen LogP contribution in [0.2, 0.25) is 0 Å². The van der Waals surface area contributed by atoms with E-state index in [1.807, 2.05) is 19.9 Å². The summed E-state index contributed by atoms with van der Waals surface area (Å²) in [6.45, 7) is 10.3. The highest BCUT2D eigenvalue weighted by Crippen LogP contribution is 2.36. The molecule has 1 heterocycles. The van der Waals surface area contributed by atoms with Gasteiger partial charge in [0.2, 0.25) is 5.91 Å². The number of ether oxygens (including phenoxy) is 3. The molecule has 7 heteroatoms. The molecule has 0 saturated heterocycles. The van der Waals surface area contributed by atoms with Crippen LogP contribution in [0.25, 0.3) is 6.08 Å². The number of nitrogens with one attached hydrogen (secondary N) is 1. The van der Waals surface area contributed by atoms with E-state index >= 15 is 0 Å². The Hall–Kier alpha value is -3.74. The fourth-order valence-electron chi connectivity index (χ4n) is 3.34. The van der Waals surface area contributed by atoms with Gasteiger partial charge >= 0.3 is 0 Å². The van der Waals surface area contributed by atoms with Gasteiger partial charge < -0.3 is 24.4 Å². The molecule has 0 aliphatic carbocycles. The van der Waals surface area contributed by atoms with E-state index in [1.165, 1.54) is 6.08 Å². The van der Waals surface area contributed by atoms with Crippen molar-refractivity contribution in [3.63, 3.8) is 0 Å². The Labute approximate surface area is 188 Å². The van der Waals surface area contributed by atoms with Gasteiger partial charge in [-0.3, -0.25) is 9.59 Å². The predicted octanol–water partition coefficient (Wildman–Crippen LogP) is 4.44. The summed E-state index contributed by atoms with van der Waals surface area (Å²) in [4.78, 5) is 26.7. The minimum absolute atomic E-state index is 0.145. The number of rotatable bonds is 8. The lowest BCUT2D eigenvalue weighted by Gasteiger charge is -2.33. The number of carbonyl (C=O) groups is 2. The zero-order chi connectivity index (χ0) is 23.3. The van der Waals surface area contributed by atoms with Crippen LogP contribution in [-0.4, -0.2) is 38.2 Å². The number of hydrogen-bond acceptors (Lipinski definition) is 5. The quantitative estimate of drug-likeness (QED) is 0.489. The van der Waals surface area contributed by atoms with E-state index in [-0.39, 0.29) is 11.8 Å². The number of amides is 2. The lowest BCUT2D eigenvalue weighted by Crippen LogP contribution is -2.45. The molecule has 0 aromatic heterocycles. The molecular weight excluding hydrogens is 408 g/mol. The number of hydrogen-bond donors (Lipinski definition) is 1. The van der Waals surface area contributed by atoms with Gasteiger partial charge in [-0.05, 0) is 62.7 Å². The Bertz CT molecular complexity index is 1060. The van der Waals surface area contributed by atoms with Gasteiger partial charge in [0.1, 0.15) is 5.75 Å². The number of carbonyl (C=O) groups excluding carboxylic acids is 2. The molecular formula is C25H28N2O5. The van der Waals surface area contributed by atoms with E-state index in [9.17, 15) is 9.59 Å². The number of fused-ring (bicyclic) bond motifs is 1. The summed E-state index contributed by atoms with van der Waals surface area (Å²) in [5.41, 5.74) is 2.81. The van der Waals surface area contributed by atoms with Crippen molar-refractivity contribution in [2.24, 2.45) is 0 Å². The molecule has 1 aliphatic rings. The topological polar surface area (TPSA) is 77.1 Å². The van der Waals surface area contributed by atoms with Crippen molar-refractivity contribution in [2.45, 2.75) is 26.9 Å². The molecule has 168 valence electrons. The van der Waals surface area contributed by atoms with Gasteiger partial charge in [-0.1, -0.05) is 18.2 Å². The van der Waals surface area contributed by atoms with Crippen LogP contribution in [0.5, 0.6) is 17.2 Å². The third kappa shape index (κ3) is 5.29. The monoisotopic (exact) mass is 436 g/mol. The Kier molecular flexibility index (Phi) is 7.20. The molecule has 1 N–H and O–H groups in total. The first-order chi connectivity index (χ1) is 15.3. The van der Waals surface area contributed by atoms with Crippen LogP contribution in [-0.2, 0) is 9.59 Å². The molecule has 7 nitrogen and oxygen atoms in total. The summed E-state index contributed by atoms with van der Waals surface area (Å²) in [6, 6.07) is 10.7. The third-order valence-corrected chi connectivity index (χ3v) is 4.78. The van der Waals surface area contributed by atoms with E-state index in [2.05, 4.69) is 11.9 Å². The molecule has 3 rings (SSSR count). The maximum absolute atomic E-state index is 12.6. The molecule has 1 atom stereocenters. The van der Waals surface area contributed by atoms with Crippen molar-refractivity contribution in [1.82, 2.24) is 0 Å². The molecule has 32 heavy (non-hydrogen) atoms. The van der Waals surface area contributed by atoms with Crippen molar-refractivity contribution in [3.05, 3.63) is 60.2 Å². The first kappa shape index (κ1) is 22.9. The lowest BCUT2D eigenvalue weighted by molar-refractivity contribution is -0.125. The van der Waals surface area contributed by atoms with Crippen molar-refractivity contribution < 1.29 is 23.8 Å². The van der Waals surface area contributed by atoms with Crippen LogP contribution in [0.3, 0.4) is 0 Å². The second-order valence-corrected chi connectivity index (χ2v) is 7.49. The summed E-state index contributed by atoms with van der Waals surface area (Å²) < 4.78 is 16.5. The molecule has 2 amide bonds. The van der Waals surface area contributed by atoms with Gasteiger partial charge in [-0.15, -0.1) is 0 Å². The molecule has 0 saturated carbocycles. The fraction of sp³-hybridized carbons (Fsp3) is 0.280. The minimum atomic E-state index is -0.573. The maximum Gasteiger partial charge on any atom is 0.268 e. The number of benzene rings is 2. The summed E-state index contributed by atoms with van der Waals surface area (Å²) >= 11 is 0. The molecule has 0 radical (unpaired) electrons. The van der Waals surface area contributed by atoms with Crippen LogP contribution in [0, 0.1) is 0 Å². The molecule has 1 unspecified atom stereocenters. The van der Waals surface area contributed by atoms with E-state index in [1.54, 1.807) is 55.3 Å². The summed E-state index contributed by atoms with van der Waals surface area (Å²) in [6.07, 6.45) is 2.55. The second-order valence-electron chi connectivity index (χ2n) is 7.49. The van der Waals surface area contributed by atoms with Crippen molar-refractivity contribution in [1.29, 1.82) is 0 Å². The molecule has 0 fully saturated rings. The summed E-state index contributed by atoms with van der Waals surface area (Å²) in [7, 11) is 1.57. The maximum atomic E-state index is 12.6. The first-order valence-electron chi connectivity index (χ1n) is 10.4. The number of anilines is 2. The highest BCUT2D eigenvalue weighted by Gasteiger charge is 2.31. The molecule has 0 bridgehead atoms. The van der Waals surface area contributed by atoms with Crippen molar-refractivity contribution >= 4 is 29.3 Å². The largest absolute Gasteiger partial charge is 0.493 e. The third-order valence-electron chi connectivity index (χ3n) is 4.78. The highest BCUT2D eigenvalue weighted by atomic mass is 16.5. The van der Waals surface area contributed by atoms with Crippen LogP contribution >= 0.6 is 0 Å². The average molecular weight is 437 g/mol. The molecule has 2 aromatic rings. The van der Waals surface area contributed by atoms with E-state index in [4.69, 9.17) is 14.2 Å². The van der Waals surface area contributed by atoms with E-state index < -0.39 is 6.10 Å². The minimum Gasteiger partial charge on any atom is -0.493 e. The highest BCUT2D eigenvalue weighted by molar-refractivity contribution is 6.04. The van der Waals surface area contributed by atoms with Crippen molar-refractivity contribution in [3.8, 4) is 17.2 Å². The van der Waals surface area contributed by atoms with Gasteiger partial charge in [-0.2, -0.15) is 0 Å². The van der Waals surface area contributed by atoms with E-state index in [0.717, 1.165) is 11.1 Å².